The first kappa shape index (κ1) is 14.6. The first-order chi connectivity index (χ1) is 9.66. The number of hydrogen-bond acceptors (Lipinski definition) is 2. The van der Waals surface area contributed by atoms with Crippen LogP contribution in [0.5, 0.6) is 5.75 Å². The van der Waals surface area contributed by atoms with E-state index in [2.05, 4.69) is 24.3 Å². The quantitative estimate of drug-likeness (QED) is 0.802. The van der Waals surface area contributed by atoms with Gasteiger partial charge in [0.25, 0.3) is 0 Å². The standard InChI is InChI=1S/C18H22O2/c1-14-10-11-17(15(2)19)18(13-14)20-12-6-9-16-7-4-3-5-8-16/h3-5,7-8,10-11,13,15,19H,6,9,12H2,1-2H3. The molecule has 2 nitrogen and oxygen atoms in total. The van der Waals surface area contributed by atoms with Gasteiger partial charge in [-0.15, -0.1) is 0 Å². The fourth-order valence-electron chi connectivity index (χ4n) is 2.21. The average molecular weight is 270 g/mol. The van der Waals surface area contributed by atoms with Crippen LogP contribution in [0.2, 0.25) is 0 Å². The Morgan fingerprint density at radius 3 is 2.55 bits per heavy atom. The van der Waals surface area contributed by atoms with Crippen molar-refractivity contribution in [2.24, 2.45) is 0 Å². The zero-order chi connectivity index (χ0) is 14.4. The number of hydrogen-bond donors (Lipinski definition) is 1. The number of aliphatic hydroxyl groups is 1. The zero-order valence-corrected chi connectivity index (χ0v) is 12.2. The van der Waals surface area contributed by atoms with Crippen LogP contribution >= 0.6 is 0 Å². The normalized spacial score (nSPS) is 12.2. The second kappa shape index (κ2) is 7.11. The molecule has 0 aliphatic rings. The van der Waals surface area contributed by atoms with Gasteiger partial charge in [-0.2, -0.15) is 0 Å². The van der Waals surface area contributed by atoms with Crippen molar-refractivity contribution in [2.45, 2.75) is 32.8 Å². The van der Waals surface area contributed by atoms with E-state index < -0.39 is 6.10 Å². The Kier molecular flexibility index (Phi) is 5.19. The molecule has 106 valence electrons. The highest BCUT2D eigenvalue weighted by Crippen LogP contribution is 2.26. The third kappa shape index (κ3) is 4.10. The van der Waals surface area contributed by atoms with Crippen molar-refractivity contribution >= 4 is 0 Å². The van der Waals surface area contributed by atoms with Crippen LogP contribution in [0.25, 0.3) is 0 Å². The lowest BCUT2D eigenvalue weighted by molar-refractivity contribution is 0.191. The Labute approximate surface area is 121 Å². The minimum Gasteiger partial charge on any atom is -0.493 e. The number of ether oxygens (including phenoxy) is 1. The van der Waals surface area contributed by atoms with E-state index in [0.717, 1.165) is 29.7 Å². The van der Waals surface area contributed by atoms with Crippen LogP contribution in [-0.2, 0) is 6.42 Å². The summed E-state index contributed by atoms with van der Waals surface area (Å²) in [5.41, 5.74) is 3.33. The molecule has 2 aromatic carbocycles. The van der Waals surface area contributed by atoms with Gasteiger partial charge in [0.1, 0.15) is 5.75 Å². The Morgan fingerprint density at radius 2 is 1.85 bits per heavy atom. The molecule has 1 unspecified atom stereocenters. The molecule has 2 rings (SSSR count). The largest absolute Gasteiger partial charge is 0.493 e. The topological polar surface area (TPSA) is 29.5 Å². The van der Waals surface area contributed by atoms with Crippen molar-refractivity contribution in [3.8, 4) is 5.75 Å². The molecule has 0 heterocycles. The minimum atomic E-state index is -0.500. The van der Waals surface area contributed by atoms with Gasteiger partial charge in [0, 0.05) is 5.56 Å². The molecule has 0 bridgehead atoms. The molecule has 0 saturated carbocycles. The van der Waals surface area contributed by atoms with E-state index in [0.29, 0.717) is 6.61 Å². The molecule has 0 spiro atoms. The van der Waals surface area contributed by atoms with E-state index in [1.165, 1.54) is 5.56 Å². The van der Waals surface area contributed by atoms with Crippen molar-refractivity contribution in [2.75, 3.05) is 6.61 Å². The van der Waals surface area contributed by atoms with E-state index in [1.54, 1.807) is 6.92 Å². The summed E-state index contributed by atoms with van der Waals surface area (Å²) in [5.74, 6) is 0.799. The van der Waals surface area contributed by atoms with Gasteiger partial charge in [-0.3, -0.25) is 0 Å². The van der Waals surface area contributed by atoms with Crippen molar-refractivity contribution in [1.29, 1.82) is 0 Å². The molecule has 2 heteroatoms. The average Bonchev–Trinajstić information content (AvgIpc) is 2.44. The first-order valence-corrected chi connectivity index (χ1v) is 7.12. The summed E-state index contributed by atoms with van der Waals surface area (Å²) in [7, 11) is 0. The molecule has 20 heavy (non-hydrogen) atoms. The van der Waals surface area contributed by atoms with Crippen molar-refractivity contribution in [3.05, 3.63) is 65.2 Å². The van der Waals surface area contributed by atoms with Crippen molar-refractivity contribution in [1.82, 2.24) is 0 Å². The lowest BCUT2D eigenvalue weighted by atomic mass is 10.1. The predicted octanol–water partition coefficient (Wildman–Crippen LogP) is 4.06. The number of rotatable bonds is 6. The fraction of sp³-hybridized carbons (Fsp3) is 0.333. The van der Waals surface area contributed by atoms with E-state index in [4.69, 9.17) is 4.74 Å². The Hall–Kier alpha value is -1.80. The summed E-state index contributed by atoms with van der Waals surface area (Å²) in [5, 5.41) is 9.75. The van der Waals surface area contributed by atoms with Crippen LogP contribution in [0, 0.1) is 6.92 Å². The number of aliphatic hydroxyl groups excluding tert-OH is 1. The van der Waals surface area contributed by atoms with Gasteiger partial charge >= 0.3 is 0 Å². The van der Waals surface area contributed by atoms with Crippen LogP contribution in [0.1, 0.15) is 36.1 Å². The highest BCUT2D eigenvalue weighted by atomic mass is 16.5. The highest BCUT2D eigenvalue weighted by molar-refractivity contribution is 5.38. The lowest BCUT2D eigenvalue weighted by Gasteiger charge is -2.14. The maximum atomic E-state index is 9.75. The van der Waals surface area contributed by atoms with Crippen LogP contribution in [0.3, 0.4) is 0 Å². The molecule has 2 aromatic rings. The second-order valence-electron chi connectivity index (χ2n) is 5.15. The summed E-state index contributed by atoms with van der Waals surface area (Å²) in [6.45, 7) is 4.46. The smallest absolute Gasteiger partial charge is 0.125 e. The summed E-state index contributed by atoms with van der Waals surface area (Å²) >= 11 is 0. The van der Waals surface area contributed by atoms with E-state index in [9.17, 15) is 5.11 Å². The molecule has 0 aromatic heterocycles. The van der Waals surface area contributed by atoms with Crippen LogP contribution < -0.4 is 4.74 Å². The molecular formula is C18H22O2. The summed E-state index contributed by atoms with van der Waals surface area (Å²) < 4.78 is 5.84. The van der Waals surface area contributed by atoms with Crippen LogP contribution in [0.4, 0.5) is 0 Å². The summed E-state index contributed by atoms with van der Waals surface area (Å²) in [6.07, 6.45) is 1.48. The van der Waals surface area contributed by atoms with Gasteiger partial charge in [0.2, 0.25) is 0 Å². The molecule has 0 fully saturated rings. The molecule has 0 saturated heterocycles. The molecule has 0 aliphatic heterocycles. The third-order valence-corrected chi connectivity index (χ3v) is 3.33. The zero-order valence-electron chi connectivity index (χ0n) is 12.2. The third-order valence-electron chi connectivity index (χ3n) is 3.33. The van der Waals surface area contributed by atoms with Crippen LogP contribution in [-0.4, -0.2) is 11.7 Å². The van der Waals surface area contributed by atoms with Gasteiger partial charge in [-0.1, -0.05) is 42.5 Å². The Morgan fingerprint density at radius 1 is 1.10 bits per heavy atom. The van der Waals surface area contributed by atoms with E-state index in [1.807, 2.05) is 31.2 Å². The molecule has 1 atom stereocenters. The second-order valence-corrected chi connectivity index (χ2v) is 5.15. The lowest BCUT2D eigenvalue weighted by Crippen LogP contribution is -2.03. The van der Waals surface area contributed by atoms with Gasteiger partial charge in [-0.25, -0.2) is 0 Å². The maximum Gasteiger partial charge on any atom is 0.125 e. The number of aryl methyl sites for hydroxylation is 2. The van der Waals surface area contributed by atoms with Crippen molar-refractivity contribution < 1.29 is 9.84 Å². The van der Waals surface area contributed by atoms with Gasteiger partial charge in [0.15, 0.2) is 0 Å². The molecular weight excluding hydrogens is 248 g/mol. The van der Waals surface area contributed by atoms with Crippen LogP contribution in [0.15, 0.2) is 48.5 Å². The molecule has 0 aliphatic carbocycles. The van der Waals surface area contributed by atoms with Gasteiger partial charge in [0.05, 0.1) is 12.7 Å². The Balaban J connectivity index is 1.89. The Bertz CT molecular complexity index is 532. The highest BCUT2D eigenvalue weighted by Gasteiger charge is 2.09. The number of benzene rings is 2. The predicted molar refractivity (Wildman–Crippen MR) is 82.1 cm³/mol. The van der Waals surface area contributed by atoms with Gasteiger partial charge in [-0.05, 0) is 43.9 Å². The molecule has 0 amide bonds. The fourth-order valence-corrected chi connectivity index (χ4v) is 2.21. The SMILES string of the molecule is Cc1ccc(C(C)O)c(OCCCc2ccccc2)c1. The maximum absolute atomic E-state index is 9.75. The van der Waals surface area contributed by atoms with E-state index in [-0.39, 0.29) is 0 Å². The minimum absolute atomic E-state index is 0.500. The van der Waals surface area contributed by atoms with Crippen molar-refractivity contribution in [3.63, 3.8) is 0 Å². The van der Waals surface area contributed by atoms with Gasteiger partial charge < -0.3 is 9.84 Å². The molecule has 1 N–H and O–H groups in total. The summed E-state index contributed by atoms with van der Waals surface area (Å²) in [4.78, 5) is 0. The summed E-state index contributed by atoms with van der Waals surface area (Å²) in [6, 6.07) is 16.3. The monoisotopic (exact) mass is 270 g/mol. The first-order valence-electron chi connectivity index (χ1n) is 7.12. The van der Waals surface area contributed by atoms with E-state index >= 15 is 0 Å². The molecule has 0 radical (unpaired) electrons.